The van der Waals surface area contributed by atoms with E-state index >= 15 is 0 Å². The number of hydrogen-bond donors (Lipinski definition) is 4. The maximum Gasteiger partial charge on any atom is 0.404 e. The molecule has 0 aromatic heterocycles. The Morgan fingerprint density at radius 2 is 1.83 bits per heavy atom. The molecule has 0 bridgehead atoms. The van der Waals surface area contributed by atoms with Crippen molar-refractivity contribution in [3.63, 3.8) is 0 Å². The van der Waals surface area contributed by atoms with E-state index in [1.807, 2.05) is 6.07 Å². The van der Waals surface area contributed by atoms with Crippen LogP contribution >= 0.6 is 0 Å². The monoisotopic (exact) mass is 437 g/mol. The van der Waals surface area contributed by atoms with Crippen LogP contribution in [0.5, 0.6) is 0 Å². The smallest absolute Gasteiger partial charge is 0.404 e. The molecular formula is C20H27N3O6S. The minimum Gasteiger partial charge on any atom is -0.465 e. The second-order valence-corrected chi connectivity index (χ2v) is 8.86. The predicted octanol–water partition coefficient (Wildman–Crippen LogP) is 1.84. The number of amides is 1. The molecule has 10 heteroatoms. The van der Waals surface area contributed by atoms with Crippen molar-refractivity contribution in [2.45, 2.75) is 43.4 Å². The number of hydroxylamine groups is 1. The number of benzene rings is 2. The van der Waals surface area contributed by atoms with Gasteiger partial charge in [-0.1, -0.05) is 40.9 Å². The Morgan fingerprint density at radius 3 is 2.40 bits per heavy atom. The molecule has 2 rings (SSSR count). The van der Waals surface area contributed by atoms with Gasteiger partial charge in [-0.15, -0.1) is 0 Å². The van der Waals surface area contributed by atoms with Crippen molar-refractivity contribution in [3.8, 4) is 0 Å². The van der Waals surface area contributed by atoms with Crippen LogP contribution in [0.25, 0.3) is 0 Å². The van der Waals surface area contributed by atoms with Gasteiger partial charge in [0.25, 0.3) is 10.0 Å². The Kier molecular flexibility index (Phi) is 8.18. The van der Waals surface area contributed by atoms with Crippen molar-refractivity contribution in [2.24, 2.45) is 0 Å². The molecule has 0 aliphatic heterocycles. The third-order valence-electron chi connectivity index (χ3n) is 4.16. The van der Waals surface area contributed by atoms with Crippen molar-refractivity contribution in [2.75, 3.05) is 12.3 Å². The summed E-state index contributed by atoms with van der Waals surface area (Å²) in [5.74, 6) is 0. The highest BCUT2D eigenvalue weighted by Gasteiger charge is 2.32. The van der Waals surface area contributed by atoms with E-state index in [2.05, 4.69) is 5.32 Å². The lowest BCUT2D eigenvalue weighted by molar-refractivity contribution is -0.136. The standard InChI is InChI=1S/C20H27N3O6S/c1-14(2)29-23(30(27,28)17-10-6-9-16(21)12-17)13-19(24)18(22-20(25)26)11-15-7-4-3-5-8-15/h3-10,12,14,18-19,22,24H,11,13,21H2,1-2H3,(H,25,26)/t18-,19+/m0/s1. The number of rotatable bonds is 10. The molecule has 0 aliphatic carbocycles. The number of sulfonamides is 1. The lowest BCUT2D eigenvalue weighted by Gasteiger charge is -2.29. The van der Waals surface area contributed by atoms with Crippen LogP contribution < -0.4 is 11.1 Å². The molecule has 0 saturated carbocycles. The largest absolute Gasteiger partial charge is 0.465 e. The van der Waals surface area contributed by atoms with E-state index in [0.717, 1.165) is 5.56 Å². The lowest BCUT2D eigenvalue weighted by atomic mass is 10.0. The third-order valence-corrected chi connectivity index (χ3v) is 5.78. The van der Waals surface area contributed by atoms with E-state index in [9.17, 15) is 18.3 Å². The summed E-state index contributed by atoms with van der Waals surface area (Å²) in [6, 6.07) is 13.7. The number of aliphatic hydroxyl groups is 1. The molecule has 164 valence electrons. The molecular weight excluding hydrogens is 410 g/mol. The summed E-state index contributed by atoms with van der Waals surface area (Å²) < 4.78 is 26.8. The number of carboxylic acid groups (broad SMARTS) is 1. The Bertz CT molecular complexity index is 937. The van der Waals surface area contributed by atoms with Crippen LogP contribution in [0.2, 0.25) is 0 Å². The van der Waals surface area contributed by atoms with E-state index < -0.39 is 40.9 Å². The summed E-state index contributed by atoms with van der Waals surface area (Å²) >= 11 is 0. The fourth-order valence-corrected chi connectivity index (χ4v) is 4.22. The number of carbonyl (C=O) groups is 1. The van der Waals surface area contributed by atoms with Gasteiger partial charge < -0.3 is 21.3 Å². The highest BCUT2D eigenvalue weighted by atomic mass is 32.2. The highest BCUT2D eigenvalue weighted by Crippen LogP contribution is 2.21. The zero-order valence-electron chi connectivity index (χ0n) is 16.8. The Hall–Kier alpha value is -2.66. The quantitative estimate of drug-likeness (QED) is 0.328. The molecule has 2 aromatic carbocycles. The maximum absolute atomic E-state index is 13.1. The average molecular weight is 438 g/mol. The SMILES string of the molecule is CC(C)ON(C[C@@H](O)[C@H](Cc1ccccc1)NC(=O)O)S(=O)(=O)c1cccc(N)c1. The van der Waals surface area contributed by atoms with E-state index in [4.69, 9.17) is 15.7 Å². The topological polar surface area (TPSA) is 142 Å². The molecule has 0 heterocycles. The number of hydrogen-bond acceptors (Lipinski definition) is 6. The van der Waals surface area contributed by atoms with Crippen molar-refractivity contribution < 1.29 is 28.3 Å². The van der Waals surface area contributed by atoms with E-state index in [0.29, 0.717) is 4.47 Å². The van der Waals surface area contributed by atoms with Gasteiger partial charge in [0.05, 0.1) is 29.7 Å². The summed E-state index contributed by atoms with van der Waals surface area (Å²) in [7, 11) is -4.15. The van der Waals surface area contributed by atoms with E-state index in [1.165, 1.54) is 18.2 Å². The van der Waals surface area contributed by atoms with Crippen molar-refractivity contribution >= 4 is 21.8 Å². The summed E-state index contributed by atoms with van der Waals surface area (Å²) in [5.41, 5.74) is 6.74. The average Bonchev–Trinajstić information content (AvgIpc) is 2.67. The fourth-order valence-electron chi connectivity index (χ4n) is 2.82. The number of nitrogen functional groups attached to an aromatic ring is 1. The van der Waals surface area contributed by atoms with Crippen LogP contribution in [-0.4, -0.2) is 54.0 Å². The molecule has 0 spiro atoms. The first-order chi connectivity index (χ1) is 14.1. The Labute approximate surface area is 176 Å². The van der Waals surface area contributed by atoms with Crippen LogP contribution in [-0.2, 0) is 21.3 Å². The molecule has 0 fully saturated rings. The molecule has 0 saturated heterocycles. The number of nitrogens with two attached hydrogens (primary N) is 1. The first-order valence-corrected chi connectivity index (χ1v) is 10.8. The molecule has 5 N–H and O–H groups in total. The first-order valence-electron chi connectivity index (χ1n) is 9.36. The molecule has 2 aromatic rings. The summed E-state index contributed by atoms with van der Waals surface area (Å²) in [4.78, 5) is 16.6. The van der Waals surface area contributed by atoms with Gasteiger partial charge in [0.1, 0.15) is 0 Å². The van der Waals surface area contributed by atoms with Crippen LogP contribution in [0.4, 0.5) is 10.5 Å². The van der Waals surface area contributed by atoms with Gasteiger partial charge in [-0.2, -0.15) is 0 Å². The highest BCUT2D eigenvalue weighted by molar-refractivity contribution is 7.89. The van der Waals surface area contributed by atoms with Gasteiger partial charge in [0.2, 0.25) is 0 Å². The molecule has 2 atom stereocenters. The normalized spacial score (nSPS) is 13.9. The molecule has 30 heavy (non-hydrogen) atoms. The van der Waals surface area contributed by atoms with Gasteiger partial charge in [-0.05, 0) is 44.0 Å². The number of anilines is 1. The maximum atomic E-state index is 13.1. The number of nitrogens with zero attached hydrogens (tertiary/aromatic N) is 1. The zero-order valence-corrected chi connectivity index (χ0v) is 17.6. The molecule has 0 unspecified atom stereocenters. The lowest BCUT2D eigenvalue weighted by Crippen LogP contribution is -2.50. The van der Waals surface area contributed by atoms with Gasteiger partial charge >= 0.3 is 6.09 Å². The van der Waals surface area contributed by atoms with Crippen molar-refractivity contribution in [1.29, 1.82) is 0 Å². The summed E-state index contributed by atoms with van der Waals surface area (Å²) in [6.07, 6.45) is -3.05. The second-order valence-electron chi connectivity index (χ2n) is 7.03. The third kappa shape index (κ3) is 6.70. The Balaban J connectivity index is 2.28. The Morgan fingerprint density at radius 1 is 1.17 bits per heavy atom. The van der Waals surface area contributed by atoms with Crippen molar-refractivity contribution in [3.05, 3.63) is 60.2 Å². The van der Waals surface area contributed by atoms with E-state index in [1.54, 1.807) is 44.2 Å². The fraction of sp³-hybridized carbons (Fsp3) is 0.350. The number of aliphatic hydroxyl groups excluding tert-OH is 1. The minimum atomic E-state index is -4.15. The zero-order chi connectivity index (χ0) is 22.3. The molecule has 9 nitrogen and oxygen atoms in total. The van der Waals surface area contributed by atoms with Crippen LogP contribution in [0.15, 0.2) is 59.5 Å². The molecule has 0 aliphatic rings. The van der Waals surface area contributed by atoms with Crippen molar-refractivity contribution in [1.82, 2.24) is 9.79 Å². The molecule has 1 amide bonds. The van der Waals surface area contributed by atoms with Crippen LogP contribution in [0.3, 0.4) is 0 Å². The predicted molar refractivity (Wildman–Crippen MR) is 112 cm³/mol. The van der Waals surface area contributed by atoms with Gasteiger partial charge in [0.15, 0.2) is 0 Å². The van der Waals surface area contributed by atoms with Crippen LogP contribution in [0.1, 0.15) is 19.4 Å². The summed E-state index contributed by atoms with van der Waals surface area (Å²) in [5, 5.41) is 22.1. The van der Waals surface area contributed by atoms with Gasteiger partial charge in [-0.3, -0.25) is 4.84 Å². The van der Waals surface area contributed by atoms with Gasteiger partial charge in [-0.25, -0.2) is 13.2 Å². The second kappa shape index (κ2) is 10.4. The molecule has 0 radical (unpaired) electrons. The first kappa shape index (κ1) is 23.6. The van der Waals surface area contributed by atoms with Gasteiger partial charge in [0, 0.05) is 5.69 Å². The van der Waals surface area contributed by atoms with Crippen LogP contribution in [0, 0.1) is 0 Å². The number of nitrogens with one attached hydrogen (secondary N) is 1. The summed E-state index contributed by atoms with van der Waals surface area (Å²) in [6.45, 7) is 2.81. The minimum absolute atomic E-state index is 0.0962. The van der Waals surface area contributed by atoms with E-state index in [-0.39, 0.29) is 17.0 Å².